The predicted molar refractivity (Wildman–Crippen MR) is 36.2 cm³/mol. The van der Waals surface area contributed by atoms with E-state index < -0.39 is 0 Å². The summed E-state index contributed by atoms with van der Waals surface area (Å²) in [4.78, 5) is 0. The van der Waals surface area contributed by atoms with Crippen molar-refractivity contribution in [1.29, 1.82) is 0 Å². The Kier molecular flexibility index (Phi) is 2.04. The maximum Gasteiger partial charge on any atom is 0.0495 e. The molecular weight excluding hydrogens is 100 g/mol. The third kappa shape index (κ3) is 1.98. The Morgan fingerprint density at radius 1 is 1.50 bits per heavy atom. The van der Waals surface area contributed by atoms with E-state index in [2.05, 4.69) is 0 Å². The highest BCUT2D eigenvalue weighted by Gasteiger charge is 2.11. The van der Waals surface area contributed by atoms with Crippen LogP contribution in [0.4, 0.5) is 0 Å². The summed E-state index contributed by atoms with van der Waals surface area (Å²) >= 11 is 0. The van der Waals surface area contributed by atoms with Gasteiger partial charge in [0.1, 0.15) is 0 Å². The molecule has 4 N–H and O–H groups in total. The molecule has 0 bridgehead atoms. The van der Waals surface area contributed by atoms with Gasteiger partial charge >= 0.3 is 0 Å². The zero-order chi connectivity index (χ0) is 6.78. The Hall–Kier alpha value is -0.500. The van der Waals surface area contributed by atoms with Gasteiger partial charge in [0.15, 0.2) is 0 Å². The molecule has 0 rings (SSSR count). The van der Waals surface area contributed by atoms with E-state index in [0.29, 0.717) is 0 Å². The van der Waals surface area contributed by atoms with Gasteiger partial charge in [-0.2, -0.15) is 0 Å². The van der Waals surface area contributed by atoms with Crippen molar-refractivity contribution in [3.63, 3.8) is 0 Å². The molecule has 48 valence electrons. The van der Waals surface area contributed by atoms with E-state index in [0.717, 1.165) is 5.70 Å². The molecular formula is C6H14N2. The van der Waals surface area contributed by atoms with Crippen LogP contribution in [-0.4, -0.2) is 5.54 Å². The summed E-state index contributed by atoms with van der Waals surface area (Å²) in [6.45, 7) is 5.63. The van der Waals surface area contributed by atoms with E-state index in [1.165, 1.54) is 0 Å². The lowest BCUT2D eigenvalue weighted by molar-refractivity contribution is 0.602. The number of hydrogen-bond acceptors (Lipinski definition) is 2. The maximum atomic E-state index is 5.60. The van der Waals surface area contributed by atoms with E-state index in [1.807, 2.05) is 26.8 Å². The largest absolute Gasteiger partial charge is 0.401 e. The summed E-state index contributed by atoms with van der Waals surface area (Å²) in [5.74, 6) is 0. The number of rotatable bonds is 1. The molecule has 0 saturated heterocycles. The second-order valence-corrected chi connectivity index (χ2v) is 2.47. The molecule has 0 heterocycles. The van der Waals surface area contributed by atoms with Crippen molar-refractivity contribution in [2.75, 3.05) is 0 Å². The molecule has 0 unspecified atom stereocenters. The summed E-state index contributed by atoms with van der Waals surface area (Å²) in [6.07, 6.45) is 1.82. The van der Waals surface area contributed by atoms with E-state index in [9.17, 15) is 0 Å². The van der Waals surface area contributed by atoms with Crippen molar-refractivity contribution >= 4 is 0 Å². The Labute approximate surface area is 50.6 Å². The lowest BCUT2D eigenvalue weighted by Crippen LogP contribution is -2.38. The van der Waals surface area contributed by atoms with Gasteiger partial charge in [0.2, 0.25) is 0 Å². The monoisotopic (exact) mass is 114 g/mol. The average Bonchev–Trinajstić information content (AvgIpc) is 1.62. The van der Waals surface area contributed by atoms with E-state index >= 15 is 0 Å². The van der Waals surface area contributed by atoms with Crippen LogP contribution in [0.2, 0.25) is 0 Å². The van der Waals surface area contributed by atoms with Gasteiger partial charge in [0.25, 0.3) is 0 Å². The molecule has 0 aliphatic carbocycles. The minimum absolute atomic E-state index is 0.352. The number of hydrogen-bond donors (Lipinski definition) is 2. The number of allylic oxidation sites excluding steroid dienone is 1. The summed E-state index contributed by atoms with van der Waals surface area (Å²) in [7, 11) is 0. The first-order chi connectivity index (χ1) is 3.48. The second kappa shape index (κ2) is 2.18. The topological polar surface area (TPSA) is 52.0 Å². The van der Waals surface area contributed by atoms with Crippen molar-refractivity contribution in [3.8, 4) is 0 Å². The van der Waals surface area contributed by atoms with Gasteiger partial charge in [-0.15, -0.1) is 0 Å². The molecule has 0 aromatic rings. The molecule has 8 heavy (non-hydrogen) atoms. The lowest BCUT2D eigenvalue weighted by atomic mass is 10.0. The van der Waals surface area contributed by atoms with Gasteiger partial charge < -0.3 is 11.5 Å². The highest BCUT2D eigenvalue weighted by molar-refractivity contribution is 5.10. The Morgan fingerprint density at radius 2 is 1.88 bits per heavy atom. The predicted octanol–water partition coefficient (Wildman–Crippen LogP) is 0.586. The van der Waals surface area contributed by atoms with Crippen LogP contribution in [-0.2, 0) is 0 Å². The molecule has 0 aliphatic heterocycles. The number of nitrogens with two attached hydrogens (primary N) is 2. The van der Waals surface area contributed by atoms with Gasteiger partial charge in [-0.25, -0.2) is 0 Å². The molecule has 0 atom stereocenters. The van der Waals surface area contributed by atoms with Crippen LogP contribution in [0.5, 0.6) is 0 Å². The molecule has 0 radical (unpaired) electrons. The fourth-order valence-corrected chi connectivity index (χ4v) is 0.372. The first-order valence-electron chi connectivity index (χ1n) is 2.69. The minimum atomic E-state index is -0.352. The Bertz CT molecular complexity index is 97.6. The van der Waals surface area contributed by atoms with E-state index in [4.69, 9.17) is 11.5 Å². The zero-order valence-electron chi connectivity index (χ0n) is 5.73. The molecule has 0 aromatic heterocycles. The van der Waals surface area contributed by atoms with Crippen LogP contribution < -0.4 is 11.5 Å². The summed E-state index contributed by atoms with van der Waals surface area (Å²) in [6, 6.07) is 0. The minimum Gasteiger partial charge on any atom is -0.401 e. The molecule has 2 nitrogen and oxygen atoms in total. The highest BCUT2D eigenvalue weighted by atomic mass is 14.8. The average molecular weight is 114 g/mol. The van der Waals surface area contributed by atoms with E-state index in [-0.39, 0.29) is 5.54 Å². The summed E-state index contributed by atoms with van der Waals surface area (Å²) in [5.41, 5.74) is 11.5. The molecule has 0 amide bonds. The quantitative estimate of drug-likeness (QED) is 0.524. The Balaban J connectivity index is 4.03. The van der Waals surface area contributed by atoms with Crippen LogP contribution in [0.3, 0.4) is 0 Å². The SMILES string of the molecule is C/C=C(\N)C(C)(C)N. The normalized spacial score (nSPS) is 14.2. The van der Waals surface area contributed by atoms with Gasteiger partial charge in [-0.3, -0.25) is 0 Å². The fourth-order valence-electron chi connectivity index (χ4n) is 0.372. The molecule has 0 saturated carbocycles. The van der Waals surface area contributed by atoms with Crippen molar-refractivity contribution in [1.82, 2.24) is 0 Å². The van der Waals surface area contributed by atoms with Crippen LogP contribution in [0.15, 0.2) is 11.8 Å². The molecule has 2 heteroatoms. The summed E-state index contributed by atoms with van der Waals surface area (Å²) in [5, 5.41) is 0. The standard InChI is InChI=1S/C6H14N2/c1-4-5(7)6(2,3)8/h4H,7-8H2,1-3H3/b5-4-. The van der Waals surface area contributed by atoms with Gasteiger partial charge in [0.05, 0.1) is 0 Å². The van der Waals surface area contributed by atoms with Crippen LogP contribution in [0, 0.1) is 0 Å². The van der Waals surface area contributed by atoms with Crippen molar-refractivity contribution in [3.05, 3.63) is 11.8 Å². The highest BCUT2D eigenvalue weighted by Crippen LogP contribution is 2.03. The van der Waals surface area contributed by atoms with Gasteiger partial charge in [-0.05, 0) is 20.8 Å². The fraction of sp³-hybridized carbons (Fsp3) is 0.667. The van der Waals surface area contributed by atoms with Crippen molar-refractivity contribution < 1.29 is 0 Å². The van der Waals surface area contributed by atoms with Gasteiger partial charge in [0, 0.05) is 11.2 Å². The molecule has 0 spiro atoms. The first-order valence-corrected chi connectivity index (χ1v) is 2.69. The van der Waals surface area contributed by atoms with Crippen LogP contribution in [0.1, 0.15) is 20.8 Å². The van der Waals surface area contributed by atoms with Crippen molar-refractivity contribution in [2.24, 2.45) is 11.5 Å². The first kappa shape index (κ1) is 7.50. The maximum absolute atomic E-state index is 5.60. The molecule has 0 aromatic carbocycles. The molecule has 0 aliphatic rings. The second-order valence-electron chi connectivity index (χ2n) is 2.47. The molecule has 0 fully saturated rings. The van der Waals surface area contributed by atoms with Crippen LogP contribution >= 0.6 is 0 Å². The Morgan fingerprint density at radius 3 is 1.88 bits per heavy atom. The smallest absolute Gasteiger partial charge is 0.0495 e. The third-order valence-corrected chi connectivity index (χ3v) is 1.06. The zero-order valence-corrected chi connectivity index (χ0v) is 5.73. The van der Waals surface area contributed by atoms with E-state index in [1.54, 1.807) is 0 Å². The summed E-state index contributed by atoms with van der Waals surface area (Å²) < 4.78 is 0. The van der Waals surface area contributed by atoms with Crippen LogP contribution in [0.25, 0.3) is 0 Å². The third-order valence-electron chi connectivity index (χ3n) is 1.06. The lowest BCUT2D eigenvalue weighted by Gasteiger charge is -2.18. The van der Waals surface area contributed by atoms with Gasteiger partial charge in [-0.1, -0.05) is 6.08 Å². The van der Waals surface area contributed by atoms with Crippen molar-refractivity contribution in [2.45, 2.75) is 26.3 Å².